The number of carbonyl (C=O) groups excluding carboxylic acids is 1. The zero-order valence-electron chi connectivity index (χ0n) is 12.2. The third-order valence-electron chi connectivity index (χ3n) is 3.05. The molecular formula is C15H19N3O3. The second-order valence-electron chi connectivity index (χ2n) is 4.45. The van der Waals surface area contributed by atoms with E-state index < -0.39 is 5.97 Å². The van der Waals surface area contributed by atoms with E-state index in [9.17, 15) is 4.79 Å². The van der Waals surface area contributed by atoms with Crippen LogP contribution in [0.5, 0.6) is 0 Å². The van der Waals surface area contributed by atoms with Crippen LogP contribution in [0.2, 0.25) is 0 Å². The number of anilines is 2. The summed E-state index contributed by atoms with van der Waals surface area (Å²) in [6, 6.07) is 8.00. The largest absolute Gasteiger partial charge is 0.461 e. The van der Waals surface area contributed by atoms with Gasteiger partial charge in [-0.05, 0) is 25.5 Å². The van der Waals surface area contributed by atoms with Crippen molar-refractivity contribution in [3.05, 3.63) is 41.8 Å². The maximum atomic E-state index is 11.6. The van der Waals surface area contributed by atoms with E-state index in [0.717, 1.165) is 5.56 Å². The van der Waals surface area contributed by atoms with Crippen LogP contribution in [0.4, 0.5) is 11.7 Å². The van der Waals surface area contributed by atoms with Gasteiger partial charge in [-0.2, -0.15) is 4.98 Å². The zero-order valence-corrected chi connectivity index (χ0v) is 12.2. The van der Waals surface area contributed by atoms with Crippen molar-refractivity contribution in [2.75, 3.05) is 23.8 Å². The number of esters is 1. The molecule has 0 aliphatic carbocycles. The van der Waals surface area contributed by atoms with E-state index in [1.54, 1.807) is 6.92 Å². The highest BCUT2D eigenvalue weighted by molar-refractivity contribution is 5.87. The topological polar surface area (TPSA) is 81.6 Å². The molecule has 6 nitrogen and oxygen atoms in total. The molecule has 0 bridgehead atoms. The summed E-state index contributed by atoms with van der Waals surface area (Å²) in [5.41, 5.74) is 7.81. The first-order chi connectivity index (χ1) is 10.2. The number of nitrogens with two attached hydrogens (primary N) is 1. The van der Waals surface area contributed by atoms with Crippen molar-refractivity contribution in [2.24, 2.45) is 0 Å². The van der Waals surface area contributed by atoms with Crippen LogP contribution >= 0.6 is 0 Å². The van der Waals surface area contributed by atoms with Gasteiger partial charge in [0.1, 0.15) is 6.26 Å². The van der Waals surface area contributed by atoms with Crippen LogP contribution in [0.25, 0.3) is 0 Å². The number of rotatable bonds is 6. The maximum Gasteiger partial charge on any atom is 0.360 e. The molecule has 0 amide bonds. The van der Waals surface area contributed by atoms with Gasteiger partial charge < -0.3 is 19.8 Å². The van der Waals surface area contributed by atoms with E-state index in [4.69, 9.17) is 14.9 Å². The lowest BCUT2D eigenvalue weighted by Gasteiger charge is -2.19. The van der Waals surface area contributed by atoms with Crippen molar-refractivity contribution in [1.29, 1.82) is 0 Å². The number of nitrogens with zero attached hydrogens (tertiary/aromatic N) is 2. The summed E-state index contributed by atoms with van der Waals surface area (Å²) in [6.45, 7) is 5.27. The Hall–Kier alpha value is -2.50. The van der Waals surface area contributed by atoms with E-state index in [0.29, 0.717) is 31.4 Å². The third kappa shape index (κ3) is 3.53. The fourth-order valence-electron chi connectivity index (χ4n) is 1.91. The van der Waals surface area contributed by atoms with Gasteiger partial charge in [-0.1, -0.05) is 18.2 Å². The van der Waals surface area contributed by atoms with Gasteiger partial charge >= 0.3 is 5.97 Å². The Kier molecular flexibility index (Phi) is 4.81. The SMILES string of the molecule is CCOC(=O)c1coc(N(CC)Cc2ccccc2N)n1. The monoisotopic (exact) mass is 289 g/mol. The Bertz CT molecular complexity index is 610. The minimum atomic E-state index is -0.484. The molecule has 6 heteroatoms. The number of hydrogen-bond acceptors (Lipinski definition) is 6. The van der Waals surface area contributed by atoms with E-state index in [-0.39, 0.29) is 5.69 Å². The van der Waals surface area contributed by atoms with Gasteiger partial charge in [0.05, 0.1) is 6.61 Å². The molecule has 0 spiro atoms. The lowest BCUT2D eigenvalue weighted by atomic mass is 10.2. The number of para-hydroxylation sites is 1. The third-order valence-corrected chi connectivity index (χ3v) is 3.05. The lowest BCUT2D eigenvalue weighted by molar-refractivity contribution is 0.0519. The fraction of sp³-hybridized carbons (Fsp3) is 0.333. The lowest BCUT2D eigenvalue weighted by Crippen LogP contribution is -2.23. The molecule has 2 rings (SSSR count). The number of ether oxygens (including phenoxy) is 1. The standard InChI is InChI=1S/C15H19N3O3/c1-3-18(9-11-7-5-6-8-12(11)16)15-17-13(10-21-15)14(19)20-4-2/h5-8,10H,3-4,9,16H2,1-2H3. The zero-order chi connectivity index (χ0) is 15.2. The van der Waals surface area contributed by atoms with Gasteiger partial charge in [-0.15, -0.1) is 0 Å². The number of carbonyl (C=O) groups is 1. The molecule has 112 valence electrons. The number of nitrogen functional groups attached to an aromatic ring is 1. The summed E-state index contributed by atoms with van der Waals surface area (Å²) in [7, 11) is 0. The van der Waals surface area contributed by atoms with Gasteiger partial charge in [0, 0.05) is 18.8 Å². The van der Waals surface area contributed by atoms with Crippen molar-refractivity contribution in [3.63, 3.8) is 0 Å². The van der Waals surface area contributed by atoms with E-state index in [1.807, 2.05) is 36.1 Å². The fourth-order valence-corrected chi connectivity index (χ4v) is 1.91. The van der Waals surface area contributed by atoms with Gasteiger partial charge in [0.15, 0.2) is 5.69 Å². The van der Waals surface area contributed by atoms with Crippen molar-refractivity contribution in [1.82, 2.24) is 4.98 Å². The van der Waals surface area contributed by atoms with E-state index in [2.05, 4.69) is 4.98 Å². The minimum absolute atomic E-state index is 0.173. The summed E-state index contributed by atoms with van der Waals surface area (Å²) in [5, 5.41) is 0. The average Bonchev–Trinajstić information content (AvgIpc) is 2.96. The molecule has 0 radical (unpaired) electrons. The smallest absolute Gasteiger partial charge is 0.360 e. The average molecular weight is 289 g/mol. The Labute approximate surface area is 123 Å². The predicted octanol–water partition coefficient (Wildman–Crippen LogP) is 2.46. The summed E-state index contributed by atoms with van der Waals surface area (Å²) in [6.07, 6.45) is 1.31. The van der Waals surface area contributed by atoms with Crippen molar-refractivity contribution >= 4 is 17.7 Å². The predicted molar refractivity (Wildman–Crippen MR) is 80.0 cm³/mol. The molecule has 0 aliphatic heterocycles. The summed E-state index contributed by atoms with van der Waals surface area (Å²) < 4.78 is 10.3. The highest BCUT2D eigenvalue weighted by Crippen LogP contribution is 2.19. The maximum absolute atomic E-state index is 11.6. The molecule has 0 atom stereocenters. The first-order valence-electron chi connectivity index (χ1n) is 6.86. The molecule has 1 heterocycles. The summed E-state index contributed by atoms with van der Waals surface area (Å²) >= 11 is 0. The summed E-state index contributed by atoms with van der Waals surface area (Å²) in [4.78, 5) is 17.7. The van der Waals surface area contributed by atoms with E-state index >= 15 is 0 Å². The van der Waals surface area contributed by atoms with Crippen molar-refractivity contribution in [3.8, 4) is 0 Å². The second kappa shape index (κ2) is 6.78. The van der Waals surface area contributed by atoms with Crippen LogP contribution in [0.1, 0.15) is 29.9 Å². The molecule has 0 saturated carbocycles. The van der Waals surface area contributed by atoms with Crippen LogP contribution in [-0.4, -0.2) is 24.1 Å². The molecule has 2 N–H and O–H groups in total. The van der Waals surface area contributed by atoms with Crippen LogP contribution in [-0.2, 0) is 11.3 Å². The molecule has 0 fully saturated rings. The van der Waals surface area contributed by atoms with Crippen LogP contribution in [0, 0.1) is 0 Å². The molecule has 0 aliphatic rings. The highest BCUT2D eigenvalue weighted by atomic mass is 16.5. The normalized spacial score (nSPS) is 10.4. The Morgan fingerprint density at radius 3 is 2.81 bits per heavy atom. The Balaban J connectivity index is 2.15. The van der Waals surface area contributed by atoms with Gasteiger partial charge in [-0.3, -0.25) is 0 Å². The number of benzene rings is 1. The molecule has 21 heavy (non-hydrogen) atoms. The molecular weight excluding hydrogens is 270 g/mol. The minimum Gasteiger partial charge on any atom is -0.461 e. The number of oxazole rings is 1. The first-order valence-corrected chi connectivity index (χ1v) is 6.86. The molecule has 0 unspecified atom stereocenters. The Morgan fingerprint density at radius 2 is 2.14 bits per heavy atom. The first kappa shape index (κ1) is 14.9. The molecule has 2 aromatic rings. The van der Waals surface area contributed by atoms with Crippen molar-refractivity contribution in [2.45, 2.75) is 20.4 Å². The molecule has 1 aromatic heterocycles. The summed E-state index contributed by atoms with van der Waals surface area (Å²) in [5.74, 6) is -0.484. The van der Waals surface area contributed by atoms with Crippen LogP contribution in [0.3, 0.4) is 0 Å². The Morgan fingerprint density at radius 1 is 1.38 bits per heavy atom. The van der Waals surface area contributed by atoms with Crippen LogP contribution < -0.4 is 10.6 Å². The quantitative estimate of drug-likeness (QED) is 0.650. The number of hydrogen-bond donors (Lipinski definition) is 1. The van der Waals surface area contributed by atoms with Gasteiger partial charge in [-0.25, -0.2) is 4.79 Å². The molecule has 0 saturated heterocycles. The molecule has 1 aromatic carbocycles. The van der Waals surface area contributed by atoms with E-state index in [1.165, 1.54) is 6.26 Å². The number of aromatic nitrogens is 1. The van der Waals surface area contributed by atoms with Crippen molar-refractivity contribution < 1.29 is 13.9 Å². The van der Waals surface area contributed by atoms with Gasteiger partial charge in [0.2, 0.25) is 0 Å². The second-order valence-corrected chi connectivity index (χ2v) is 4.45. The van der Waals surface area contributed by atoms with Gasteiger partial charge in [0.25, 0.3) is 6.01 Å². The van der Waals surface area contributed by atoms with Crippen LogP contribution in [0.15, 0.2) is 34.9 Å². The highest BCUT2D eigenvalue weighted by Gasteiger charge is 2.17.